The van der Waals surface area contributed by atoms with Crippen molar-refractivity contribution in [3.8, 4) is 11.5 Å². The number of carbonyl (C=O) groups excluding carboxylic acids is 1. The summed E-state index contributed by atoms with van der Waals surface area (Å²) in [6, 6.07) is 13.4. The Morgan fingerprint density at radius 3 is 2.67 bits per heavy atom. The van der Waals surface area contributed by atoms with Crippen LogP contribution in [0.25, 0.3) is 6.08 Å². The summed E-state index contributed by atoms with van der Waals surface area (Å²) in [5, 5.41) is 2.86. The van der Waals surface area contributed by atoms with E-state index in [-0.39, 0.29) is 5.91 Å². The lowest BCUT2D eigenvalue weighted by molar-refractivity contribution is -0.111. The monoisotopic (exact) mass is 367 g/mol. The summed E-state index contributed by atoms with van der Waals surface area (Å²) in [7, 11) is 1.62. The molecule has 1 N–H and O–H groups in total. The summed E-state index contributed by atoms with van der Waals surface area (Å²) in [5.74, 6) is 1.23. The minimum Gasteiger partial charge on any atom is -0.493 e. The first-order valence-electron chi connectivity index (χ1n) is 9.49. The number of hydrogen-bond donors (Lipinski definition) is 1. The second kappa shape index (κ2) is 11.1. The third-order valence-corrected chi connectivity index (χ3v) is 4.16. The molecule has 0 atom stereocenters. The molecule has 4 heteroatoms. The highest BCUT2D eigenvalue weighted by molar-refractivity contribution is 6.02. The number of hydrogen-bond acceptors (Lipinski definition) is 3. The molecule has 2 aromatic carbocycles. The zero-order chi connectivity index (χ0) is 19.5. The summed E-state index contributed by atoms with van der Waals surface area (Å²) in [5.41, 5.74) is 2.77. The number of aryl methyl sites for hydroxylation is 1. The molecule has 0 bridgehead atoms. The van der Waals surface area contributed by atoms with Gasteiger partial charge in [-0.2, -0.15) is 0 Å². The lowest BCUT2D eigenvalue weighted by atomic mass is 10.1. The van der Waals surface area contributed by atoms with Crippen molar-refractivity contribution >= 4 is 17.7 Å². The smallest absolute Gasteiger partial charge is 0.248 e. The molecule has 0 fully saturated rings. The molecule has 0 aromatic heterocycles. The number of benzene rings is 2. The molecule has 2 rings (SSSR count). The fourth-order valence-electron chi connectivity index (χ4n) is 2.70. The van der Waals surface area contributed by atoms with Gasteiger partial charge in [0, 0.05) is 11.8 Å². The van der Waals surface area contributed by atoms with E-state index in [1.165, 1.54) is 25.3 Å². The van der Waals surface area contributed by atoms with Crippen molar-refractivity contribution in [2.75, 3.05) is 19.0 Å². The Kier molecular flexibility index (Phi) is 8.43. The van der Waals surface area contributed by atoms with Crippen molar-refractivity contribution in [3.63, 3.8) is 0 Å². The topological polar surface area (TPSA) is 47.6 Å². The highest BCUT2D eigenvalue weighted by atomic mass is 16.5. The van der Waals surface area contributed by atoms with E-state index in [1.807, 2.05) is 49.4 Å². The minimum atomic E-state index is -0.171. The molecule has 0 aliphatic heterocycles. The first-order chi connectivity index (χ1) is 13.1. The van der Waals surface area contributed by atoms with Crippen LogP contribution in [0.2, 0.25) is 0 Å². The van der Waals surface area contributed by atoms with E-state index in [2.05, 4.69) is 12.2 Å². The Labute approximate surface area is 162 Å². The minimum absolute atomic E-state index is 0.171. The number of ether oxygens (including phenoxy) is 2. The number of amides is 1. The van der Waals surface area contributed by atoms with Gasteiger partial charge in [-0.25, -0.2) is 0 Å². The summed E-state index contributed by atoms with van der Waals surface area (Å²) < 4.78 is 11.2. The van der Waals surface area contributed by atoms with E-state index < -0.39 is 0 Å². The molecule has 4 nitrogen and oxygen atoms in total. The fraction of sp³-hybridized carbons (Fsp3) is 0.348. The van der Waals surface area contributed by atoms with Crippen LogP contribution in [0.4, 0.5) is 5.69 Å². The third-order valence-electron chi connectivity index (χ3n) is 4.16. The van der Waals surface area contributed by atoms with Gasteiger partial charge in [0.05, 0.1) is 13.7 Å². The molecule has 2 aromatic rings. The molecule has 0 radical (unpaired) electrons. The van der Waals surface area contributed by atoms with E-state index in [0.29, 0.717) is 12.4 Å². The predicted molar refractivity (Wildman–Crippen MR) is 111 cm³/mol. The van der Waals surface area contributed by atoms with E-state index in [0.717, 1.165) is 29.0 Å². The SMILES string of the molecule is CCCCCCOc1ccc(C=CC(=O)Nc2cccc(C)c2)cc1OC. The van der Waals surface area contributed by atoms with Gasteiger partial charge in [-0.3, -0.25) is 4.79 Å². The van der Waals surface area contributed by atoms with Gasteiger partial charge in [-0.1, -0.05) is 44.4 Å². The number of nitrogens with one attached hydrogen (secondary N) is 1. The quantitative estimate of drug-likeness (QED) is 0.438. The van der Waals surface area contributed by atoms with Crippen LogP contribution in [0, 0.1) is 6.92 Å². The van der Waals surface area contributed by atoms with E-state index in [9.17, 15) is 4.79 Å². The second-order valence-corrected chi connectivity index (χ2v) is 6.51. The van der Waals surface area contributed by atoms with Crippen LogP contribution in [0.3, 0.4) is 0 Å². The Morgan fingerprint density at radius 2 is 1.93 bits per heavy atom. The first kappa shape index (κ1) is 20.6. The van der Waals surface area contributed by atoms with Crippen LogP contribution in [0.15, 0.2) is 48.5 Å². The largest absolute Gasteiger partial charge is 0.493 e. The van der Waals surface area contributed by atoms with Crippen LogP contribution in [-0.2, 0) is 4.79 Å². The Bertz CT molecular complexity index is 768. The molecule has 0 aliphatic rings. The molecule has 0 saturated heterocycles. The summed E-state index contributed by atoms with van der Waals surface area (Å²) in [6.07, 6.45) is 7.94. The fourth-order valence-corrected chi connectivity index (χ4v) is 2.70. The van der Waals surface area contributed by atoms with Gasteiger partial charge in [0.2, 0.25) is 5.91 Å². The third kappa shape index (κ3) is 7.18. The van der Waals surface area contributed by atoms with Gasteiger partial charge < -0.3 is 14.8 Å². The maximum Gasteiger partial charge on any atom is 0.248 e. The Morgan fingerprint density at radius 1 is 1.07 bits per heavy atom. The van der Waals surface area contributed by atoms with Crippen molar-refractivity contribution < 1.29 is 14.3 Å². The van der Waals surface area contributed by atoms with Gasteiger partial charge in [-0.15, -0.1) is 0 Å². The van der Waals surface area contributed by atoms with E-state index >= 15 is 0 Å². The molecular formula is C23H29NO3. The van der Waals surface area contributed by atoms with Crippen LogP contribution in [0.1, 0.15) is 43.7 Å². The maximum atomic E-state index is 12.1. The Balaban J connectivity index is 1.93. The van der Waals surface area contributed by atoms with Crippen LogP contribution >= 0.6 is 0 Å². The average Bonchev–Trinajstić information content (AvgIpc) is 2.66. The highest BCUT2D eigenvalue weighted by Crippen LogP contribution is 2.28. The van der Waals surface area contributed by atoms with Crippen LogP contribution < -0.4 is 14.8 Å². The average molecular weight is 367 g/mol. The first-order valence-corrected chi connectivity index (χ1v) is 9.49. The van der Waals surface area contributed by atoms with E-state index in [4.69, 9.17) is 9.47 Å². The molecule has 27 heavy (non-hydrogen) atoms. The summed E-state index contributed by atoms with van der Waals surface area (Å²) in [4.78, 5) is 12.1. The normalized spacial score (nSPS) is 10.8. The summed E-state index contributed by atoms with van der Waals surface area (Å²) in [6.45, 7) is 4.87. The number of methoxy groups -OCH3 is 1. The molecule has 0 aliphatic carbocycles. The lowest BCUT2D eigenvalue weighted by Crippen LogP contribution is -2.07. The highest BCUT2D eigenvalue weighted by Gasteiger charge is 2.05. The van der Waals surface area contributed by atoms with E-state index in [1.54, 1.807) is 13.2 Å². The van der Waals surface area contributed by atoms with Gasteiger partial charge in [0.25, 0.3) is 0 Å². The number of unbranched alkanes of at least 4 members (excludes halogenated alkanes) is 3. The van der Waals surface area contributed by atoms with Gasteiger partial charge in [-0.05, 0) is 54.8 Å². The van der Waals surface area contributed by atoms with Crippen molar-refractivity contribution in [1.82, 2.24) is 0 Å². The maximum absolute atomic E-state index is 12.1. The van der Waals surface area contributed by atoms with Crippen molar-refractivity contribution in [2.45, 2.75) is 39.5 Å². The van der Waals surface area contributed by atoms with Crippen LogP contribution in [-0.4, -0.2) is 19.6 Å². The zero-order valence-electron chi connectivity index (χ0n) is 16.5. The van der Waals surface area contributed by atoms with Gasteiger partial charge in [0.1, 0.15) is 0 Å². The molecule has 0 heterocycles. The molecule has 1 amide bonds. The predicted octanol–water partition coefficient (Wildman–Crippen LogP) is 5.61. The van der Waals surface area contributed by atoms with Crippen molar-refractivity contribution in [1.29, 1.82) is 0 Å². The lowest BCUT2D eigenvalue weighted by Gasteiger charge is -2.11. The van der Waals surface area contributed by atoms with Crippen LogP contribution in [0.5, 0.6) is 11.5 Å². The van der Waals surface area contributed by atoms with Gasteiger partial charge >= 0.3 is 0 Å². The number of rotatable bonds is 10. The molecular weight excluding hydrogens is 338 g/mol. The summed E-state index contributed by atoms with van der Waals surface area (Å²) >= 11 is 0. The standard InChI is InChI=1S/C23H29NO3/c1-4-5-6-7-15-27-21-13-11-19(17-22(21)26-3)12-14-23(25)24-20-10-8-9-18(2)16-20/h8-14,16-17H,4-7,15H2,1-3H3,(H,24,25). The second-order valence-electron chi connectivity index (χ2n) is 6.51. The van der Waals surface area contributed by atoms with Crippen molar-refractivity contribution in [2.24, 2.45) is 0 Å². The molecule has 0 saturated carbocycles. The molecule has 0 unspecified atom stereocenters. The Hall–Kier alpha value is -2.75. The molecule has 144 valence electrons. The van der Waals surface area contributed by atoms with Gasteiger partial charge in [0.15, 0.2) is 11.5 Å². The zero-order valence-corrected chi connectivity index (χ0v) is 16.5. The number of carbonyl (C=O) groups is 1. The van der Waals surface area contributed by atoms with Crippen molar-refractivity contribution in [3.05, 3.63) is 59.7 Å². The number of anilines is 1. The molecule has 0 spiro atoms.